The number of thiocarbonyl (C=S) groups is 1. The van der Waals surface area contributed by atoms with Gasteiger partial charge in [0.1, 0.15) is 0 Å². The molecule has 1 fully saturated rings. The van der Waals surface area contributed by atoms with Gasteiger partial charge in [0.2, 0.25) is 0 Å². The second-order valence-electron chi connectivity index (χ2n) is 5.34. The topological polar surface area (TPSA) is 105 Å². The standard InChI is InChI=1S/C15H20N4O3S.C2H6/c1-22-14(21)10-6-9(7-12(8-10)18-15(23)19-16)13(20)17-11-4-2-3-5-11;1-2/h6-8,11H,2-5,16H2,1H3,(H,17,20)(H2,18,19,23);1-2H3. The van der Waals surface area contributed by atoms with Gasteiger partial charge in [-0.05, 0) is 43.3 Å². The Bertz CT molecular complexity index is 616. The zero-order valence-corrected chi connectivity index (χ0v) is 15.7. The van der Waals surface area contributed by atoms with Crippen LogP contribution >= 0.6 is 12.2 Å². The third-order valence-electron chi connectivity index (χ3n) is 3.70. The number of nitrogens with two attached hydrogens (primary N) is 1. The summed E-state index contributed by atoms with van der Waals surface area (Å²) in [6.45, 7) is 4.00. The Balaban J connectivity index is 0.00000151. The van der Waals surface area contributed by atoms with E-state index in [9.17, 15) is 9.59 Å². The maximum Gasteiger partial charge on any atom is 0.337 e. The zero-order valence-electron chi connectivity index (χ0n) is 14.8. The molecule has 138 valence electrons. The molecule has 2 rings (SSSR count). The van der Waals surface area contributed by atoms with Crippen LogP contribution in [0.15, 0.2) is 18.2 Å². The molecule has 0 saturated heterocycles. The molecule has 1 amide bonds. The highest BCUT2D eigenvalue weighted by Gasteiger charge is 2.19. The van der Waals surface area contributed by atoms with Crippen molar-refractivity contribution in [2.45, 2.75) is 45.6 Å². The van der Waals surface area contributed by atoms with E-state index in [1.807, 2.05) is 13.8 Å². The summed E-state index contributed by atoms with van der Waals surface area (Å²) in [6, 6.07) is 4.84. The van der Waals surface area contributed by atoms with Crippen LogP contribution < -0.4 is 21.9 Å². The Morgan fingerprint density at radius 2 is 1.76 bits per heavy atom. The largest absolute Gasteiger partial charge is 0.465 e. The molecule has 1 aromatic rings. The minimum atomic E-state index is -0.532. The molecule has 0 heterocycles. The highest BCUT2D eigenvalue weighted by molar-refractivity contribution is 7.80. The first-order valence-corrected chi connectivity index (χ1v) is 8.76. The summed E-state index contributed by atoms with van der Waals surface area (Å²) in [5.41, 5.74) is 3.39. The molecule has 0 spiro atoms. The number of anilines is 1. The molecule has 5 N–H and O–H groups in total. The van der Waals surface area contributed by atoms with Crippen LogP contribution in [-0.2, 0) is 4.74 Å². The third kappa shape index (κ3) is 6.32. The van der Waals surface area contributed by atoms with Crippen molar-refractivity contribution in [3.05, 3.63) is 29.3 Å². The van der Waals surface area contributed by atoms with Crippen LogP contribution in [0.1, 0.15) is 60.2 Å². The highest BCUT2D eigenvalue weighted by atomic mass is 32.1. The normalized spacial score (nSPS) is 13.3. The predicted octanol–water partition coefficient (Wildman–Crippen LogP) is 2.33. The minimum absolute atomic E-state index is 0.175. The number of hydrogen-bond acceptors (Lipinski definition) is 5. The smallest absolute Gasteiger partial charge is 0.337 e. The van der Waals surface area contributed by atoms with E-state index in [2.05, 4.69) is 16.1 Å². The zero-order chi connectivity index (χ0) is 18.8. The average Bonchev–Trinajstić information content (AvgIpc) is 3.15. The van der Waals surface area contributed by atoms with E-state index in [0.717, 1.165) is 25.7 Å². The number of rotatable bonds is 4. The molecule has 0 aromatic heterocycles. The van der Waals surface area contributed by atoms with Gasteiger partial charge in [-0.3, -0.25) is 4.79 Å². The second kappa shape index (κ2) is 10.6. The summed E-state index contributed by atoms with van der Waals surface area (Å²) in [5, 5.41) is 5.96. The van der Waals surface area contributed by atoms with Crippen molar-refractivity contribution in [2.75, 3.05) is 12.4 Å². The Hall–Kier alpha value is -2.19. The number of carbonyl (C=O) groups is 2. The molecule has 1 saturated carbocycles. The number of amides is 1. The van der Waals surface area contributed by atoms with Gasteiger partial charge in [0, 0.05) is 17.3 Å². The average molecular weight is 366 g/mol. The quantitative estimate of drug-likeness (QED) is 0.280. The molecule has 0 radical (unpaired) electrons. The number of ether oxygens (including phenoxy) is 1. The lowest BCUT2D eigenvalue weighted by Gasteiger charge is -2.14. The van der Waals surface area contributed by atoms with Crippen molar-refractivity contribution in [1.29, 1.82) is 0 Å². The van der Waals surface area contributed by atoms with Gasteiger partial charge in [-0.15, -0.1) is 0 Å². The van der Waals surface area contributed by atoms with Crippen molar-refractivity contribution >= 4 is 34.9 Å². The maximum atomic E-state index is 12.4. The minimum Gasteiger partial charge on any atom is -0.465 e. The second-order valence-corrected chi connectivity index (χ2v) is 5.75. The van der Waals surface area contributed by atoms with E-state index in [1.165, 1.54) is 13.2 Å². The van der Waals surface area contributed by atoms with Crippen molar-refractivity contribution in [1.82, 2.24) is 10.7 Å². The summed E-state index contributed by atoms with van der Waals surface area (Å²) in [4.78, 5) is 24.2. The Kier molecular flexibility index (Phi) is 8.87. The lowest BCUT2D eigenvalue weighted by atomic mass is 10.1. The molecule has 1 aliphatic rings. The summed E-state index contributed by atoms with van der Waals surface area (Å²) in [7, 11) is 1.28. The van der Waals surface area contributed by atoms with Gasteiger partial charge in [0.05, 0.1) is 12.7 Å². The van der Waals surface area contributed by atoms with Gasteiger partial charge in [-0.25, -0.2) is 10.6 Å². The van der Waals surface area contributed by atoms with Gasteiger partial charge < -0.3 is 20.8 Å². The Morgan fingerprint density at radius 1 is 1.16 bits per heavy atom. The van der Waals surface area contributed by atoms with E-state index in [1.54, 1.807) is 12.1 Å². The van der Waals surface area contributed by atoms with Crippen LogP contribution in [0, 0.1) is 0 Å². The molecule has 8 heteroatoms. The number of carbonyl (C=O) groups excluding carboxylic acids is 2. The predicted molar refractivity (Wildman–Crippen MR) is 102 cm³/mol. The molecule has 7 nitrogen and oxygen atoms in total. The van der Waals surface area contributed by atoms with E-state index in [4.69, 9.17) is 22.8 Å². The summed E-state index contributed by atoms with van der Waals surface area (Å²) in [6.07, 6.45) is 4.20. The van der Waals surface area contributed by atoms with Crippen LogP contribution in [0.2, 0.25) is 0 Å². The van der Waals surface area contributed by atoms with Gasteiger partial charge in [-0.1, -0.05) is 26.7 Å². The number of esters is 1. The van der Waals surface area contributed by atoms with Crippen molar-refractivity contribution in [2.24, 2.45) is 5.84 Å². The number of benzene rings is 1. The number of methoxy groups -OCH3 is 1. The molecule has 0 atom stereocenters. The molecule has 25 heavy (non-hydrogen) atoms. The lowest BCUT2D eigenvalue weighted by Crippen LogP contribution is -2.34. The van der Waals surface area contributed by atoms with Gasteiger partial charge in [0.15, 0.2) is 5.11 Å². The molecular weight excluding hydrogens is 340 g/mol. The summed E-state index contributed by atoms with van der Waals surface area (Å²) >= 11 is 4.94. The van der Waals surface area contributed by atoms with Crippen LogP contribution in [0.3, 0.4) is 0 Å². The summed E-state index contributed by atoms with van der Waals surface area (Å²) < 4.78 is 4.72. The molecule has 1 aliphatic carbocycles. The summed E-state index contributed by atoms with van der Waals surface area (Å²) in [5.74, 6) is 4.47. The van der Waals surface area contributed by atoms with Crippen LogP contribution in [-0.4, -0.2) is 30.1 Å². The monoisotopic (exact) mass is 366 g/mol. The van der Waals surface area contributed by atoms with Crippen molar-refractivity contribution in [3.63, 3.8) is 0 Å². The number of hydrogen-bond donors (Lipinski definition) is 4. The first-order chi connectivity index (χ1) is 12.0. The number of hydrazine groups is 1. The fourth-order valence-corrected chi connectivity index (χ4v) is 2.69. The third-order valence-corrected chi connectivity index (χ3v) is 3.92. The van der Waals surface area contributed by atoms with Gasteiger partial charge in [-0.2, -0.15) is 0 Å². The van der Waals surface area contributed by atoms with Crippen molar-refractivity contribution in [3.8, 4) is 0 Å². The molecule has 0 bridgehead atoms. The van der Waals surface area contributed by atoms with E-state index >= 15 is 0 Å². The molecule has 0 unspecified atom stereocenters. The molecule has 0 aliphatic heterocycles. The highest BCUT2D eigenvalue weighted by Crippen LogP contribution is 2.20. The van der Waals surface area contributed by atoms with E-state index < -0.39 is 5.97 Å². The van der Waals surface area contributed by atoms with Gasteiger partial charge in [0.25, 0.3) is 5.91 Å². The lowest BCUT2D eigenvalue weighted by molar-refractivity contribution is 0.0601. The van der Waals surface area contributed by atoms with Crippen LogP contribution in [0.5, 0.6) is 0 Å². The van der Waals surface area contributed by atoms with Crippen LogP contribution in [0.4, 0.5) is 5.69 Å². The van der Waals surface area contributed by atoms with Crippen LogP contribution in [0.25, 0.3) is 0 Å². The number of nitrogens with one attached hydrogen (secondary N) is 3. The van der Waals surface area contributed by atoms with Gasteiger partial charge >= 0.3 is 5.97 Å². The van der Waals surface area contributed by atoms with E-state index in [-0.39, 0.29) is 22.6 Å². The molecule has 1 aromatic carbocycles. The fourth-order valence-electron chi connectivity index (χ4n) is 2.57. The maximum absolute atomic E-state index is 12.4. The SMILES string of the molecule is CC.COC(=O)c1cc(NC(=S)NN)cc(C(=O)NC2CCCC2)c1. The first kappa shape index (κ1) is 20.9. The fraction of sp³-hybridized carbons (Fsp3) is 0.471. The Morgan fingerprint density at radius 3 is 2.32 bits per heavy atom. The van der Waals surface area contributed by atoms with E-state index in [0.29, 0.717) is 11.3 Å². The first-order valence-electron chi connectivity index (χ1n) is 8.35. The molecular formula is C17H26N4O3S. The van der Waals surface area contributed by atoms with Crippen molar-refractivity contribution < 1.29 is 14.3 Å². The Labute approximate surface area is 153 Å².